The van der Waals surface area contributed by atoms with Crippen LogP contribution in [0.2, 0.25) is 0 Å². The van der Waals surface area contributed by atoms with Crippen LogP contribution < -0.4 is 0 Å². The number of nitrogens with zero attached hydrogens (tertiary/aromatic N) is 5. The molecule has 0 radical (unpaired) electrons. The summed E-state index contributed by atoms with van der Waals surface area (Å²) in [6, 6.07) is 1.61. The number of hydrogen-bond acceptors (Lipinski definition) is 5. The zero-order valence-corrected chi connectivity index (χ0v) is 10.4. The summed E-state index contributed by atoms with van der Waals surface area (Å²) in [5.74, 6) is 0.0738. The van der Waals surface area contributed by atoms with Crippen molar-refractivity contribution in [3.05, 3.63) is 36.2 Å². The Labute approximate surface area is 104 Å². The number of amides is 1. The van der Waals surface area contributed by atoms with Gasteiger partial charge in [-0.1, -0.05) is 0 Å². The molecule has 0 saturated carbocycles. The zero-order chi connectivity index (χ0) is 13.1. The molecule has 0 spiro atoms. The SMILES string of the molecule is CON(C)C(=O)c1cc(C)nc(-n2ccnc2)n1. The van der Waals surface area contributed by atoms with E-state index in [1.807, 2.05) is 0 Å². The number of aryl methyl sites for hydroxylation is 1. The Morgan fingerprint density at radius 3 is 2.83 bits per heavy atom. The van der Waals surface area contributed by atoms with Gasteiger partial charge in [0.2, 0.25) is 5.95 Å². The van der Waals surface area contributed by atoms with Gasteiger partial charge < -0.3 is 0 Å². The van der Waals surface area contributed by atoms with E-state index in [0.717, 1.165) is 5.06 Å². The lowest BCUT2D eigenvalue weighted by molar-refractivity contribution is -0.0760. The predicted octanol–water partition coefficient (Wildman–Crippen LogP) is 0.604. The van der Waals surface area contributed by atoms with Crippen molar-refractivity contribution in [3.63, 3.8) is 0 Å². The molecule has 2 rings (SSSR count). The third-order valence-electron chi connectivity index (χ3n) is 2.36. The molecule has 18 heavy (non-hydrogen) atoms. The second kappa shape index (κ2) is 4.92. The Hall–Kier alpha value is -2.28. The van der Waals surface area contributed by atoms with Crippen molar-refractivity contribution in [2.75, 3.05) is 14.2 Å². The number of carbonyl (C=O) groups is 1. The van der Waals surface area contributed by atoms with Crippen LogP contribution in [-0.2, 0) is 4.84 Å². The maximum Gasteiger partial charge on any atom is 0.295 e. The van der Waals surface area contributed by atoms with Gasteiger partial charge in [-0.05, 0) is 13.0 Å². The van der Waals surface area contributed by atoms with Crippen LogP contribution in [0.4, 0.5) is 0 Å². The van der Waals surface area contributed by atoms with Gasteiger partial charge in [-0.15, -0.1) is 0 Å². The fourth-order valence-corrected chi connectivity index (χ4v) is 1.40. The minimum Gasteiger partial charge on any atom is -0.274 e. The number of rotatable bonds is 3. The molecule has 0 N–H and O–H groups in total. The van der Waals surface area contributed by atoms with E-state index in [4.69, 9.17) is 4.84 Å². The monoisotopic (exact) mass is 247 g/mol. The molecular formula is C11H13N5O2. The lowest BCUT2D eigenvalue weighted by atomic mass is 10.3. The van der Waals surface area contributed by atoms with E-state index in [-0.39, 0.29) is 11.6 Å². The molecule has 0 bridgehead atoms. The average Bonchev–Trinajstić information content (AvgIpc) is 2.90. The van der Waals surface area contributed by atoms with Crippen molar-refractivity contribution < 1.29 is 9.63 Å². The first kappa shape index (κ1) is 12.2. The fraction of sp³-hybridized carbons (Fsp3) is 0.273. The summed E-state index contributed by atoms with van der Waals surface area (Å²) in [4.78, 5) is 29.1. The summed E-state index contributed by atoms with van der Waals surface area (Å²) in [5.41, 5.74) is 0.970. The van der Waals surface area contributed by atoms with Gasteiger partial charge in [0.25, 0.3) is 5.91 Å². The second-order valence-corrected chi connectivity index (χ2v) is 3.65. The lowest BCUT2D eigenvalue weighted by Crippen LogP contribution is -2.27. The molecule has 7 nitrogen and oxygen atoms in total. The number of imidazole rings is 1. The second-order valence-electron chi connectivity index (χ2n) is 3.65. The van der Waals surface area contributed by atoms with Gasteiger partial charge in [-0.25, -0.2) is 20.0 Å². The average molecular weight is 247 g/mol. The molecular weight excluding hydrogens is 234 g/mol. The largest absolute Gasteiger partial charge is 0.295 e. The molecule has 2 aromatic rings. The Bertz CT molecular complexity index is 553. The van der Waals surface area contributed by atoms with Crippen LogP contribution in [0.15, 0.2) is 24.8 Å². The van der Waals surface area contributed by atoms with Crippen LogP contribution in [0, 0.1) is 6.92 Å². The van der Waals surface area contributed by atoms with E-state index in [0.29, 0.717) is 11.6 Å². The standard InChI is InChI=1S/C11H13N5O2/c1-8-6-9(10(17)15(2)18-3)14-11(13-8)16-5-4-12-7-16/h4-7H,1-3H3. The molecule has 0 aliphatic heterocycles. The maximum absolute atomic E-state index is 11.9. The highest BCUT2D eigenvalue weighted by atomic mass is 16.7. The Balaban J connectivity index is 2.42. The first-order valence-electron chi connectivity index (χ1n) is 5.28. The topological polar surface area (TPSA) is 73.1 Å². The summed E-state index contributed by atoms with van der Waals surface area (Å²) < 4.78 is 1.64. The summed E-state index contributed by atoms with van der Waals surface area (Å²) in [6.07, 6.45) is 4.90. The van der Waals surface area contributed by atoms with E-state index < -0.39 is 0 Å². The predicted molar refractivity (Wildman–Crippen MR) is 63.0 cm³/mol. The zero-order valence-electron chi connectivity index (χ0n) is 10.4. The van der Waals surface area contributed by atoms with E-state index in [1.54, 1.807) is 36.3 Å². The molecule has 0 aliphatic carbocycles. The fourth-order valence-electron chi connectivity index (χ4n) is 1.40. The van der Waals surface area contributed by atoms with E-state index in [9.17, 15) is 4.79 Å². The molecule has 2 aromatic heterocycles. The van der Waals surface area contributed by atoms with Crippen LogP contribution >= 0.6 is 0 Å². The van der Waals surface area contributed by atoms with Crippen molar-refractivity contribution in [3.8, 4) is 5.95 Å². The molecule has 7 heteroatoms. The Morgan fingerprint density at radius 1 is 1.44 bits per heavy atom. The van der Waals surface area contributed by atoms with Crippen LogP contribution in [0.25, 0.3) is 5.95 Å². The van der Waals surface area contributed by atoms with Gasteiger partial charge >= 0.3 is 0 Å². The first-order chi connectivity index (χ1) is 8.61. The van der Waals surface area contributed by atoms with Crippen LogP contribution in [0.1, 0.15) is 16.2 Å². The van der Waals surface area contributed by atoms with Crippen molar-refractivity contribution >= 4 is 5.91 Å². The Morgan fingerprint density at radius 2 is 2.22 bits per heavy atom. The van der Waals surface area contributed by atoms with Crippen molar-refractivity contribution in [1.82, 2.24) is 24.6 Å². The van der Waals surface area contributed by atoms with E-state index in [1.165, 1.54) is 14.2 Å². The van der Waals surface area contributed by atoms with Gasteiger partial charge in [0.05, 0.1) is 7.11 Å². The van der Waals surface area contributed by atoms with Crippen molar-refractivity contribution in [2.24, 2.45) is 0 Å². The summed E-state index contributed by atoms with van der Waals surface area (Å²) in [5, 5.41) is 1.11. The molecule has 0 saturated heterocycles. The third-order valence-corrected chi connectivity index (χ3v) is 2.36. The smallest absolute Gasteiger partial charge is 0.274 e. The van der Waals surface area contributed by atoms with Crippen LogP contribution in [-0.4, -0.2) is 44.6 Å². The number of hydroxylamine groups is 2. The van der Waals surface area contributed by atoms with Gasteiger partial charge in [0.1, 0.15) is 12.0 Å². The van der Waals surface area contributed by atoms with Crippen molar-refractivity contribution in [2.45, 2.75) is 6.92 Å². The number of carbonyl (C=O) groups excluding carboxylic acids is 1. The van der Waals surface area contributed by atoms with Gasteiger partial charge in [-0.3, -0.25) is 14.2 Å². The van der Waals surface area contributed by atoms with E-state index in [2.05, 4.69) is 15.0 Å². The first-order valence-corrected chi connectivity index (χ1v) is 5.28. The summed E-state index contributed by atoms with van der Waals surface area (Å²) in [6.45, 7) is 1.80. The highest BCUT2D eigenvalue weighted by Gasteiger charge is 2.15. The van der Waals surface area contributed by atoms with Crippen LogP contribution in [0.5, 0.6) is 0 Å². The molecule has 0 aromatic carbocycles. The highest BCUT2D eigenvalue weighted by Crippen LogP contribution is 2.07. The third kappa shape index (κ3) is 2.35. The Kier molecular flexibility index (Phi) is 3.33. The molecule has 0 aliphatic rings. The van der Waals surface area contributed by atoms with E-state index >= 15 is 0 Å². The molecule has 1 amide bonds. The highest BCUT2D eigenvalue weighted by molar-refractivity contribution is 5.91. The minimum atomic E-state index is -0.329. The van der Waals surface area contributed by atoms with Gasteiger partial charge in [0.15, 0.2) is 0 Å². The molecule has 2 heterocycles. The summed E-state index contributed by atoms with van der Waals surface area (Å²) in [7, 11) is 2.94. The quantitative estimate of drug-likeness (QED) is 0.743. The summed E-state index contributed by atoms with van der Waals surface area (Å²) >= 11 is 0. The van der Waals surface area contributed by atoms with Gasteiger partial charge in [0, 0.05) is 25.1 Å². The number of aromatic nitrogens is 4. The lowest BCUT2D eigenvalue weighted by Gasteiger charge is -2.13. The molecule has 0 fully saturated rings. The normalized spacial score (nSPS) is 10.4. The number of hydrogen-bond donors (Lipinski definition) is 0. The van der Waals surface area contributed by atoms with Crippen LogP contribution in [0.3, 0.4) is 0 Å². The molecule has 0 unspecified atom stereocenters. The molecule has 0 atom stereocenters. The molecule has 94 valence electrons. The maximum atomic E-state index is 11.9. The minimum absolute atomic E-state index is 0.274. The van der Waals surface area contributed by atoms with Crippen molar-refractivity contribution in [1.29, 1.82) is 0 Å². The van der Waals surface area contributed by atoms with Gasteiger partial charge in [-0.2, -0.15) is 0 Å².